The van der Waals surface area contributed by atoms with Crippen molar-refractivity contribution in [3.63, 3.8) is 0 Å². The highest BCUT2D eigenvalue weighted by Crippen LogP contribution is 2.20. The monoisotopic (exact) mass is 339 g/mol. The van der Waals surface area contributed by atoms with E-state index < -0.39 is 0 Å². The van der Waals surface area contributed by atoms with Gasteiger partial charge in [-0.2, -0.15) is 0 Å². The summed E-state index contributed by atoms with van der Waals surface area (Å²) >= 11 is 0. The fraction of sp³-hybridized carbons (Fsp3) is 0.400. The van der Waals surface area contributed by atoms with Crippen molar-refractivity contribution in [1.82, 2.24) is 9.88 Å². The number of carbonyl (C=O) groups is 2. The zero-order valence-corrected chi connectivity index (χ0v) is 15.1. The molecule has 0 bridgehead atoms. The van der Waals surface area contributed by atoms with Gasteiger partial charge in [0, 0.05) is 43.1 Å². The molecule has 0 unspecified atom stereocenters. The summed E-state index contributed by atoms with van der Waals surface area (Å²) in [6.07, 6.45) is 0. The molecule has 1 fully saturated rings. The highest BCUT2D eigenvalue weighted by Gasteiger charge is 2.23. The van der Waals surface area contributed by atoms with Crippen molar-refractivity contribution in [2.75, 3.05) is 37.6 Å². The topological polar surface area (TPSA) is 56.4 Å². The zero-order chi connectivity index (χ0) is 18.0. The summed E-state index contributed by atoms with van der Waals surface area (Å²) in [5, 5.41) is 0. The molecular weight excluding hydrogens is 314 g/mol. The second-order valence-electron chi connectivity index (χ2n) is 6.70. The molecule has 1 aliphatic rings. The molecule has 2 aromatic rings. The minimum atomic E-state index is 0.00164. The minimum absolute atomic E-state index is 0.00164. The van der Waals surface area contributed by atoms with Crippen molar-refractivity contribution >= 4 is 17.3 Å². The number of hydrogen-bond acceptors (Lipinski definition) is 4. The molecule has 0 spiro atoms. The van der Waals surface area contributed by atoms with Crippen molar-refractivity contribution in [2.24, 2.45) is 0 Å². The van der Waals surface area contributed by atoms with E-state index in [4.69, 9.17) is 0 Å². The fourth-order valence-corrected chi connectivity index (χ4v) is 3.64. The summed E-state index contributed by atoms with van der Waals surface area (Å²) in [5.41, 5.74) is 4.01. The Kier molecular flexibility index (Phi) is 5.04. The minimum Gasteiger partial charge on any atom is -0.369 e. The van der Waals surface area contributed by atoms with Crippen LogP contribution >= 0.6 is 0 Å². The SMILES string of the molecule is CC(=O)c1c(C)[nH]c(C(=O)CN2CCN(c3ccccc3)CC2)c1C. The van der Waals surface area contributed by atoms with E-state index in [9.17, 15) is 9.59 Å². The Morgan fingerprint density at radius 3 is 2.24 bits per heavy atom. The molecule has 0 aliphatic carbocycles. The molecule has 0 atom stereocenters. The molecule has 5 heteroatoms. The van der Waals surface area contributed by atoms with Crippen molar-refractivity contribution in [2.45, 2.75) is 20.8 Å². The number of aromatic nitrogens is 1. The first-order chi connectivity index (χ1) is 12.0. The van der Waals surface area contributed by atoms with E-state index in [0.29, 0.717) is 17.8 Å². The van der Waals surface area contributed by atoms with Gasteiger partial charge in [-0.3, -0.25) is 14.5 Å². The smallest absolute Gasteiger partial charge is 0.193 e. The number of carbonyl (C=O) groups excluding carboxylic acids is 2. The molecule has 132 valence electrons. The van der Waals surface area contributed by atoms with E-state index >= 15 is 0 Å². The molecule has 0 amide bonds. The average Bonchev–Trinajstić information content (AvgIpc) is 2.91. The van der Waals surface area contributed by atoms with Crippen molar-refractivity contribution < 1.29 is 9.59 Å². The third kappa shape index (κ3) is 3.66. The van der Waals surface area contributed by atoms with E-state index in [1.807, 2.05) is 32.0 Å². The molecule has 0 radical (unpaired) electrons. The maximum absolute atomic E-state index is 12.7. The Hall–Kier alpha value is -2.40. The van der Waals surface area contributed by atoms with Crippen LogP contribution < -0.4 is 4.90 Å². The van der Waals surface area contributed by atoms with Gasteiger partial charge in [-0.15, -0.1) is 0 Å². The van der Waals surface area contributed by atoms with Crippen LogP contribution in [0.1, 0.15) is 39.0 Å². The first-order valence-corrected chi connectivity index (χ1v) is 8.73. The summed E-state index contributed by atoms with van der Waals surface area (Å²) in [6.45, 7) is 9.18. The van der Waals surface area contributed by atoms with Gasteiger partial charge in [0.25, 0.3) is 0 Å². The number of para-hydroxylation sites is 1. The maximum Gasteiger partial charge on any atom is 0.193 e. The van der Waals surface area contributed by atoms with Gasteiger partial charge in [-0.25, -0.2) is 0 Å². The maximum atomic E-state index is 12.7. The van der Waals surface area contributed by atoms with Crippen LogP contribution in [0.4, 0.5) is 5.69 Å². The average molecular weight is 339 g/mol. The second-order valence-corrected chi connectivity index (χ2v) is 6.70. The van der Waals surface area contributed by atoms with Crippen molar-refractivity contribution in [3.8, 4) is 0 Å². The molecule has 0 saturated carbocycles. The third-order valence-electron chi connectivity index (χ3n) is 4.93. The van der Waals surface area contributed by atoms with Crippen LogP contribution in [0.15, 0.2) is 30.3 Å². The Morgan fingerprint density at radius 1 is 1.04 bits per heavy atom. The van der Waals surface area contributed by atoms with Gasteiger partial charge < -0.3 is 9.88 Å². The predicted octanol–water partition coefficient (Wildman–Crippen LogP) is 2.84. The number of H-pyrrole nitrogens is 1. The zero-order valence-electron chi connectivity index (χ0n) is 15.1. The first kappa shape index (κ1) is 17.4. The Balaban J connectivity index is 1.62. The van der Waals surface area contributed by atoms with E-state index in [-0.39, 0.29) is 11.6 Å². The summed E-state index contributed by atoms with van der Waals surface area (Å²) in [6, 6.07) is 10.4. The number of piperazine rings is 1. The van der Waals surface area contributed by atoms with Crippen LogP contribution in [0.3, 0.4) is 0 Å². The number of hydrogen-bond donors (Lipinski definition) is 1. The third-order valence-corrected chi connectivity index (χ3v) is 4.93. The molecule has 1 N–H and O–H groups in total. The number of nitrogens with zero attached hydrogens (tertiary/aromatic N) is 2. The van der Waals surface area contributed by atoms with Crippen LogP contribution in [0.5, 0.6) is 0 Å². The molecule has 3 rings (SSSR count). The van der Waals surface area contributed by atoms with Gasteiger partial charge in [0.1, 0.15) is 0 Å². The van der Waals surface area contributed by atoms with Gasteiger partial charge in [-0.1, -0.05) is 18.2 Å². The van der Waals surface area contributed by atoms with Gasteiger partial charge in [0.2, 0.25) is 0 Å². The predicted molar refractivity (Wildman–Crippen MR) is 99.7 cm³/mol. The summed E-state index contributed by atoms with van der Waals surface area (Å²) in [5.74, 6) is 0.0584. The number of aryl methyl sites for hydroxylation is 1. The summed E-state index contributed by atoms with van der Waals surface area (Å²) < 4.78 is 0. The second kappa shape index (κ2) is 7.23. The lowest BCUT2D eigenvalue weighted by atomic mass is 10.1. The molecule has 1 saturated heterocycles. The van der Waals surface area contributed by atoms with Crippen LogP contribution in [0, 0.1) is 13.8 Å². The lowest BCUT2D eigenvalue weighted by Gasteiger charge is -2.35. The highest BCUT2D eigenvalue weighted by molar-refractivity contribution is 6.03. The fourth-order valence-electron chi connectivity index (χ4n) is 3.64. The molecule has 1 aromatic carbocycles. The van der Waals surface area contributed by atoms with Crippen LogP contribution in [-0.4, -0.2) is 54.2 Å². The lowest BCUT2D eigenvalue weighted by Crippen LogP contribution is -2.48. The molecule has 1 aliphatic heterocycles. The number of rotatable bonds is 5. The van der Waals surface area contributed by atoms with Crippen LogP contribution in [-0.2, 0) is 0 Å². The normalized spacial score (nSPS) is 15.4. The Labute approximate surface area is 148 Å². The molecular formula is C20H25N3O2. The van der Waals surface area contributed by atoms with E-state index in [0.717, 1.165) is 37.4 Å². The Morgan fingerprint density at radius 2 is 1.68 bits per heavy atom. The summed E-state index contributed by atoms with van der Waals surface area (Å²) in [4.78, 5) is 32.1. The largest absolute Gasteiger partial charge is 0.369 e. The van der Waals surface area contributed by atoms with Gasteiger partial charge in [-0.05, 0) is 38.5 Å². The molecule has 5 nitrogen and oxygen atoms in total. The molecule has 1 aromatic heterocycles. The van der Waals surface area contributed by atoms with Gasteiger partial charge >= 0.3 is 0 Å². The number of ketones is 2. The van der Waals surface area contributed by atoms with Gasteiger partial charge in [0.05, 0.1) is 12.2 Å². The van der Waals surface area contributed by atoms with Crippen molar-refractivity contribution in [1.29, 1.82) is 0 Å². The van der Waals surface area contributed by atoms with E-state index in [1.54, 1.807) is 6.92 Å². The molecule has 2 heterocycles. The number of benzene rings is 1. The standard InChI is InChI=1S/C20H25N3O2/c1-14-19(16(3)24)15(2)21-20(14)18(25)13-22-9-11-23(12-10-22)17-7-5-4-6-8-17/h4-8,21H,9-13H2,1-3H3. The van der Waals surface area contributed by atoms with E-state index in [2.05, 4.69) is 26.9 Å². The van der Waals surface area contributed by atoms with E-state index in [1.165, 1.54) is 5.69 Å². The van der Waals surface area contributed by atoms with Crippen LogP contribution in [0.25, 0.3) is 0 Å². The van der Waals surface area contributed by atoms with Crippen LogP contribution in [0.2, 0.25) is 0 Å². The first-order valence-electron chi connectivity index (χ1n) is 8.73. The number of Topliss-reactive ketones (excluding diaryl/α,β-unsaturated/α-hetero) is 2. The molecule has 25 heavy (non-hydrogen) atoms. The number of nitrogens with one attached hydrogen (secondary N) is 1. The summed E-state index contributed by atoms with van der Waals surface area (Å²) in [7, 11) is 0. The lowest BCUT2D eigenvalue weighted by molar-refractivity contribution is 0.0921. The quantitative estimate of drug-likeness (QED) is 0.851. The number of aromatic amines is 1. The number of anilines is 1. The highest BCUT2D eigenvalue weighted by atomic mass is 16.1. The van der Waals surface area contributed by atoms with Crippen molar-refractivity contribution in [3.05, 3.63) is 52.8 Å². The Bertz CT molecular complexity index is 772. The van der Waals surface area contributed by atoms with Gasteiger partial charge in [0.15, 0.2) is 11.6 Å².